The zero-order chi connectivity index (χ0) is 23.2. The van der Waals surface area contributed by atoms with Gasteiger partial charge >= 0.3 is 5.97 Å². The molecule has 0 bridgehead atoms. The van der Waals surface area contributed by atoms with E-state index in [1.807, 2.05) is 66.9 Å². The molecular weight excluding hydrogens is 416 g/mol. The van der Waals surface area contributed by atoms with Crippen LogP contribution in [-0.4, -0.2) is 27.5 Å². The molecule has 0 aliphatic rings. The summed E-state index contributed by atoms with van der Waals surface area (Å²) in [5, 5.41) is 0.872. The van der Waals surface area contributed by atoms with Crippen LogP contribution in [0, 0.1) is 0 Å². The number of ether oxygens (including phenoxy) is 1. The molecule has 2 aromatic heterocycles. The van der Waals surface area contributed by atoms with Crippen molar-refractivity contribution in [2.75, 3.05) is 0 Å². The van der Waals surface area contributed by atoms with Crippen molar-refractivity contribution < 1.29 is 19.1 Å². The van der Waals surface area contributed by atoms with Gasteiger partial charge in [-0.05, 0) is 28.3 Å². The second-order valence-corrected chi connectivity index (χ2v) is 7.84. The fourth-order valence-corrected chi connectivity index (χ4v) is 3.67. The third-order valence-corrected chi connectivity index (χ3v) is 5.41. The molecule has 4 aromatic rings. The molecule has 0 saturated carbocycles. The summed E-state index contributed by atoms with van der Waals surface area (Å²) in [6.07, 6.45) is 3.93. The van der Waals surface area contributed by atoms with Gasteiger partial charge in [0.2, 0.25) is 5.78 Å². The summed E-state index contributed by atoms with van der Waals surface area (Å²) in [6.45, 7) is 1.92. The van der Waals surface area contributed by atoms with Crippen LogP contribution in [0.15, 0.2) is 73.1 Å². The number of pyridine rings is 1. The van der Waals surface area contributed by atoms with Crippen molar-refractivity contribution in [2.24, 2.45) is 0 Å². The molecule has 166 valence electrons. The Labute approximate surface area is 191 Å². The summed E-state index contributed by atoms with van der Waals surface area (Å²) in [6, 6.07) is 19.0. The minimum absolute atomic E-state index is 0.0830. The van der Waals surface area contributed by atoms with Gasteiger partial charge in [-0.2, -0.15) is 0 Å². The van der Waals surface area contributed by atoms with Crippen molar-refractivity contribution in [3.05, 3.63) is 89.7 Å². The predicted octanol–water partition coefficient (Wildman–Crippen LogP) is 4.61. The molecule has 0 spiro atoms. The van der Waals surface area contributed by atoms with Gasteiger partial charge in [-0.25, -0.2) is 4.98 Å². The van der Waals surface area contributed by atoms with E-state index in [4.69, 9.17) is 4.74 Å². The molecule has 33 heavy (non-hydrogen) atoms. The maximum absolute atomic E-state index is 12.3. The number of esters is 1. The van der Waals surface area contributed by atoms with Crippen molar-refractivity contribution >= 4 is 28.6 Å². The number of hydrogen-bond donors (Lipinski definition) is 1. The summed E-state index contributed by atoms with van der Waals surface area (Å²) in [7, 11) is 0. The second kappa shape index (κ2) is 10.0. The van der Waals surface area contributed by atoms with Gasteiger partial charge in [0, 0.05) is 36.2 Å². The number of Topliss-reactive ketones (excluding diaryl/α,β-unsaturated/α-hetero) is 2. The fourth-order valence-electron chi connectivity index (χ4n) is 3.67. The van der Waals surface area contributed by atoms with Crippen molar-refractivity contribution in [3.8, 4) is 11.1 Å². The Kier molecular flexibility index (Phi) is 6.74. The van der Waals surface area contributed by atoms with E-state index in [0.717, 1.165) is 33.2 Å². The minimum atomic E-state index is -0.383. The van der Waals surface area contributed by atoms with Gasteiger partial charge in [0.25, 0.3) is 0 Å². The van der Waals surface area contributed by atoms with Gasteiger partial charge in [-0.15, -0.1) is 0 Å². The highest BCUT2D eigenvalue weighted by molar-refractivity contribution is 6.37. The first-order valence-corrected chi connectivity index (χ1v) is 10.8. The number of fused-ring (bicyclic) bond motifs is 1. The Bertz CT molecular complexity index is 1310. The van der Waals surface area contributed by atoms with E-state index in [0.29, 0.717) is 5.65 Å². The number of benzene rings is 2. The molecule has 0 radical (unpaired) electrons. The monoisotopic (exact) mass is 440 g/mol. The van der Waals surface area contributed by atoms with E-state index in [1.54, 1.807) is 13.1 Å². The van der Waals surface area contributed by atoms with Crippen LogP contribution in [0.4, 0.5) is 0 Å². The van der Waals surface area contributed by atoms with E-state index < -0.39 is 0 Å². The molecule has 4 rings (SSSR count). The predicted molar refractivity (Wildman–Crippen MR) is 125 cm³/mol. The number of carbonyl (C=O) groups excluding carboxylic acids is 3. The van der Waals surface area contributed by atoms with Gasteiger partial charge in [0.15, 0.2) is 5.78 Å². The van der Waals surface area contributed by atoms with E-state index in [-0.39, 0.29) is 43.4 Å². The van der Waals surface area contributed by atoms with Crippen LogP contribution < -0.4 is 0 Å². The zero-order valence-electron chi connectivity index (χ0n) is 18.3. The van der Waals surface area contributed by atoms with Crippen LogP contribution in [0.3, 0.4) is 0 Å². The Hall–Kier alpha value is -4.06. The van der Waals surface area contributed by atoms with E-state index in [9.17, 15) is 14.4 Å². The van der Waals surface area contributed by atoms with Gasteiger partial charge in [-0.1, -0.05) is 61.5 Å². The number of H-pyrrole nitrogens is 1. The molecule has 6 nitrogen and oxygen atoms in total. The Morgan fingerprint density at radius 2 is 1.67 bits per heavy atom. The molecule has 2 heterocycles. The molecule has 2 aromatic carbocycles. The molecular formula is C27H24N2O4. The number of hydrogen-bond acceptors (Lipinski definition) is 5. The SMILES string of the molecule is CCC(=O)C(=O)Cc1cccc(-c2c[nH]c3ncc(CC(=O)OCc4ccccc4)cc23)c1. The molecule has 0 unspecified atom stereocenters. The summed E-state index contributed by atoms with van der Waals surface area (Å²) in [5.41, 5.74) is 4.98. The lowest BCUT2D eigenvalue weighted by Gasteiger charge is -2.06. The van der Waals surface area contributed by atoms with Crippen LogP contribution in [0.2, 0.25) is 0 Å². The van der Waals surface area contributed by atoms with E-state index >= 15 is 0 Å². The number of aromatic nitrogens is 2. The van der Waals surface area contributed by atoms with E-state index in [1.165, 1.54) is 0 Å². The molecule has 0 saturated heterocycles. The van der Waals surface area contributed by atoms with Gasteiger partial charge < -0.3 is 9.72 Å². The molecule has 0 aliphatic carbocycles. The van der Waals surface area contributed by atoms with E-state index in [2.05, 4.69) is 9.97 Å². The Morgan fingerprint density at radius 1 is 0.879 bits per heavy atom. The van der Waals surface area contributed by atoms with Crippen molar-refractivity contribution in [3.63, 3.8) is 0 Å². The highest BCUT2D eigenvalue weighted by Gasteiger charge is 2.14. The molecule has 0 atom stereocenters. The van der Waals surface area contributed by atoms with Crippen LogP contribution in [0.1, 0.15) is 30.0 Å². The van der Waals surface area contributed by atoms with Crippen molar-refractivity contribution in [2.45, 2.75) is 32.8 Å². The topological polar surface area (TPSA) is 89.1 Å². The summed E-state index contributed by atoms with van der Waals surface area (Å²) in [4.78, 5) is 43.6. The largest absolute Gasteiger partial charge is 0.461 e. The third-order valence-electron chi connectivity index (χ3n) is 5.41. The van der Waals surface area contributed by atoms with Gasteiger partial charge in [0.05, 0.1) is 6.42 Å². The highest BCUT2D eigenvalue weighted by atomic mass is 16.5. The lowest BCUT2D eigenvalue weighted by molar-refractivity contribution is -0.144. The first-order valence-electron chi connectivity index (χ1n) is 10.8. The molecule has 1 N–H and O–H groups in total. The zero-order valence-corrected chi connectivity index (χ0v) is 18.3. The number of nitrogens with zero attached hydrogens (tertiary/aromatic N) is 1. The first kappa shape index (κ1) is 22.1. The number of carbonyl (C=O) groups is 3. The van der Waals surface area contributed by atoms with Gasteiger partial charge in [-0.3, -0.25) is 14.4 Å². The molecule has 0 fully saturated rings. The highest BCUT2D eigenvalue weighted by Crippen LogP contribution is 2.29. The number of ketones is 2. The second-order valence-electron chi connectivity index (χ2n) is 7.84. The number of nitrogens with one attached hydrogen (secondary N) is 1. The average Bonchev–Trinajstić information content (AvgIpc) is 3.26. The molecule has 6 heteroatoms. The maximum atomic E-state index is 12.3. The minimum Gasteiger partial charge on any atom is -0.461 e. The smallest absolute Gasteiger partial charge is 0.310 e. The van der Waals surface area contributed by atoms with Crippen LogP contribution in [0.25, 0.3) is 22.2 Å². The number of aromatic amines is 1. The Morgan fingerprint density at radius 3 is 2.45 bits per heavy atom. The molecule has 0 aliphatic heterocycles. The van der Waals surface area contributed by atoms with Crippen molar-refractivity contribution in [1.82, 2.24) is 9.97 Å². The van der Waals surface area contributed by atoms with Crippen LogP contribution in [-0.2, 0) is 38.6 Å². The van der Waals surface area contributed by atoms with Crippen LogP contribution >= 0.6 is 0 Å². The van der Waals surface area contributed by atoms with Gasteiger partial charge in [0.1, 0.15) is 12.3 Å². The molecule has 0 amide bonds. The standard InChI is InChI=1S/C27H24N2O4/c1-2-24(30)25(31)13-19-9-6-10-21(11-19)23-16-29-27-22(23)12-20(15-28-27)14-26(32)33-17-18-7-4-3-5-8-18/h3-12,15-16H,2,13-14,17H2,1H3,(H,28,29). The lowest BCUT2D eigenvalue weighted by Crippen LogP contribution is -2.14. The quantitative estimate of drug-likeness (QED) is 0.303. The third kappa shape index (κ3) is 5.41. The van der Waals surface area contributed by atoms with Crippen LogP contribution in [0.5, 0.6) is 0 Å². The Balaban J connectivity index is 1.51. The summed E-state index contributed by atoms with van der Waals surface area (Å²) in [5.74, 6) is -1.06. The first-order chi connectivity index (χ1) is 16.0. The lowest BCUT2D eigenvalue weighted by atomic mass is 9.99. The summed E-state index contributed by atoms with van der Waals surface area (Å²) >= 11 is 0. The maximum Gasteiger partial charge on any atom is 0.310 e. The van der Waals surface area contributed by atoms with Crippen molar-refractivity contribution in [1.29, 1.82) is 0 Å². The summed E-state index contributed by atoms with van der Waals surface area (Å²) < 4.78 is 5.39. The normalized spacial score (nSPS) is 10.8. The number of rotatable bonds is 9. The fraction of sp³-hybridized carbons (Fsp3) is 0.185. The average molecular weight is 440 g/mol.